The topological polar surface area (TPSA) is 41.9 Å². The minimum absolute atomic E-state index is 0.00466. The Morgan fingerprint density at radius 3 is 2.53 bits per heavy atom. The summed E-state index contributed by atoms with van der Waals surface area (Å²) in [5, 5.41) is 0.343. The van der Waals surface area contributed by atoms with Crippen molar-refractivity contribution in [3.63, 3.8) is 0 Å². The molecule has 2 aromatic heterocycles. The Bertz CT molecular complexity index is 694. The first kappa shape index (κ1) is 12.6. The summed E-state index contributed by atoms with van der Waals surface area (Å²) in [6.07, 6.45) is 4.02. The van der Waals surface area contributed by atoms with Gasteiger partial charge in [0.15, 0.2) is 11.0 Å². The highest BCUT2D eigenvalue weighted by Crippen LogP contribution is 2.32. The van der Waals surface area contributed by atoms with Crippen molar-refractivity contribution in [1.29, 1.82) is 0 Å². The Morgan fingerprint density at radius 1 is 1.16 bits per heavy atom. The molecule has 0 amide bonds. The molecular formula is C12H9Cl2FN4. The summed E-state index contributed by atoms with van der Waals surface area (Å²) in [5.41, 5.74) is 0.694. The van der Waals surface area contributed by atoms with Gasteiger partial charge in [-0.1, -0.05) is 23.8 Å². The third-order valence-corrected chi connectivity index (χ3v) is 3.42. The number of rotatable bonds is 1. The number of pyridine rings is 1. The van der Waals surface area contributed by atoms with Crippen molar-refractivity contribution in [3.05, 3.63) is 34.1 Å². The molecule has 7 heteroatoms. The second kappa shape index (κ2) is 4.58. The third kappa shape index (κ3) is 2.03. The molecule has 0 unspecified atom stereocenters. The Balaban J connectivity index is 2.35. The van der Waals surface area contributed by atoms with E-state index in [1.807, 2.05) is 17.1 Å². The van der Waals surface area contributed by atoms with Crippen LogP contribution in [0.2, 0.25) is 10.4 Å². The number of aryl methyl sites for hydroxylation is 1. The van der Waals surface area contributed by atoms with E-state index in [0.717, 1.165) is 0 Å². The molecule has 0 atom stereocenters. The van der Waals surface area contributed by atoms with Crippen molar-refractivity contribution in [1.82, 2.24) is 15.0 Å². The van der Waals surface area contributed by atoms with E-state index in [1.54, 1.807) is 6.92 Å². The van der Waals surface area contributed by atoms with E-state index in [-0.39, 0.29) is 16.0 Å². The summed E-state index contributed by atoms with van der Waals surface area (Å²) in [4.78, 5) is 14.1. The van der Waals surface area contributed by atoms with E-state index < -0.39 is 5.82 Å². The normalized spacial score (nSPS) is 14.6. The van der Waals surface area contributed by atoms with Crippen LogP contribution in [0.3, 0.4) is 0 Å². The van der Waals surface area contributed by atoms with Gasteiger partial charge in [0.05, 0.1) is 11.1 Å². The van der Waals surface area contributed by atoms with Gasteiger partial charge in [-0.2, -0.15) is 4.98 Å². The van der Waals surface area contributed by atoms with E-state index in [4.69, 9.17) is 23.2 Å². The molecule has 2 aromatic rings. The maximum absolute atomic E-state index is 14.0. The first-order valence-corrected chi connectivity index (χ1v) is 6.42. The number of hydrogen-bond acceptors (Lipinski definition) is 4. The fourth-order valence-electron chi connectivity index (χ4n) is 2.14. The van der Waals surface area contributed by atoms with Gasteiger partial charge in [0.2, 0.25) is 5.28 Å². The number of fused-ring (bicyclic) bond motifs is 1. The first-order chi connectivity index (χ1) is 9.08. The Morgan fingerprint density at radius 2 is 1.84 bits per heavy atom. The molecule has 1 aliphatic rings. The van der Waals surface area contributed by atoms with Crippen LogP contribution in [0.25, 0.3) is 10.9 Å². The van der Waals surface area contributed by atoms with Crippen LogP contribution < -0.4 is 4.90 Å². The highest BCUT2D eigenvalue weighted by atomic mass is 35.5. The lowest BCUT2D eigenvalue weighted by Gasteiger charge is -2.19. The van der Waals surface area contributed by atoms with Crippen LogP contribution >= 0.6 is 23.2 Å². The quantitative estimate of drug-likeness (QED) is 0.461. The average molecular weight is 299 g/mol. The van der Waals surface area contributed by atoms with Crippen molar-refractivity contribution < 1.29 is 4.39 Å². The predicted octanol–water partition coefficient (Wildman–Crippen LogP) is 3.16. The van der Waals surface area contributed by atoms with Gasteiger partial charge in [-0.15, -0.1) is 0 Å². The molecule has 0 spiro atoms. The zero-order valence-corrected chi connectivity index (χ0v) is 11.5. The molecule has 0 radical (unpaired) electrons. The highest BCUT2D eigenvalue weighted by Gasteiger charge is 2.21. The Hall–Kier alpha value is -1.46. The maximum atomic E-state index is 14.0. The standard InChI is InChI=1S/C12H9Cl2FN4/c1-6-7-9(8(15)10(13)16-6)17-12(14)18-11(7)19-4-2-3-5-19/h2-3H,4-5H2,1H3. The van der Waals surface area contributed by atoms with E-state index in [1.165, 1.54) is 0 Å². The maximum Gasteiger partial charge on any atom is 0.225 e. The number of aromatic nitrogens is 3. The van der Waals surface area contributed by atoms with E-state index in [9.17, 15) is 4.39 Å². The van der Waals surface area contributed by atoms with Crippen molar-refractivity contribution in [2.45, 2.75) is 6.92 Å². The molecule has 19 heavy (non-hydrogen) atoms. The average Bonchev–Trinajstić information content (AvgIpc) is 2.88. The lowest BCUT2D eigenvalue weighted by atomic mass is 10.2. The lowest BCUT2D eigenvalue weighted by Crippen LogP contribution is -2.21. The zero-order chi connectivity index (χ0) is 13.6. The van der Waals surface area contributed by atoms with Gasteiger partial charge in [-0.25, -0.2) is 14.4 Å². The zero-order valence-electron chi connectivity index (χ0n) is 9.99. The fourth-order valence-corrected chi connectivity index (χ4v) is 2.52. The van der Waals surface area contributed by atoms with Gasteiger partial charge >= 0.3 is 0 Å². The van der Waals surface area contributed by atoms with Gasteiger partial charge < -0.3 is 4.90 Å². The molecule has 0 fully saturated rings. The van der Waals surface area contributed by atoms with Crippen molar-refractivity contribution in [2.75, 3.05) is 18.0 Å². The number of anilines is 1. The fraction of sp³-hybridized carbons (Fsp3) is 0.250. The first-order valence-electron chi connectivity index (χ1n) is 5.66. The van der Waals surface area contributed by atoms with Crippen LogP contribution in [-0.4, -0.2) is 28.0 Å². The van der Waals surface area contributed by atoms with Crippen LogP contribution in [0.1, 0.15) is 5.69 Å². The summed E-state index contributed by atoms with van der Waals surface area (Å²) in [5.74, 6) is -0.0828. The van der Waals surface area contributed by atoms with E-state index >= 15 is 0 Å². The van der Waals surface area contributed by atoms with Crippen molar-refractivity contribution in [3.8, 4) is 0 Å². The van der Waals surface area contributed by atoms with Crippen LogP contribution in [0.15, 0.2) is 12.2 Å². The molecule has 0 saturated heterocycles. The van der Waals surface area contributed by atoms with Crippen LogP contribution in [0.4, 0.5) is 10.2 Å². The van der Waals surface area contributed by atoms with Gasteiger partial charge in [0.1, 0.15) is 11.3 Å². The number of nitrogens with zero attached hydrogens (tertiary/aromatic N) is 4. The summed E-state index contributed by atoms with van der Waals surface area (Å²) in [6.45, 7) is 3.15. The second-order valence-corrected chi connectivity index (χ2v) is 4.91. The van der Waals surface area contributed by atoms with Crippen molar-refractivity contribution >= 4 is 39.9 Å². The van der Waals surface area contributed by atoms with Gasteiger partial charge in [-0.05, 0) is 18.5 Å². The largest absolute Gasteiger partial charge is 0.348 e. The highest BCUT2D eigenvalue weighted by molar-refractivity contribution is 6.31. The smallest absolute Gasteiger partial charge is 0.225 e. The predicted molar refractivity (Wildman–Crippen MR) is 73.4 cm³/mol. The van der Waals surface area contributed by atoms with Gasteiger partial charge in [0, 0.05) is 13.1 Å². The molecule has 0 aromatic carbocycles. The molecule has 98 valence electrons. The molecule has 4 nitrogen and oxygen atoms in total. The van der Waals surface area contributed by atoms with Crippen molar-refractivity contribution in [2.24, 2.45) is 0 Å². The van der Waals surface area contributed by atoms with E-state index in [0.29, 0.717) is 30.0 Å². The minimum atomic E-state index is -0.667. The summed E-state index contributed by atoms with van der Waals surface area (Å²) in [6, 6.07) is 0. The number of hydrogen-bond donors (Lipinski definition) is 0. The minimum Gasteiger partial charge on any atom is -0.348 e. The molecule has 1 aliphatic heterocycles. The van der Waals surface area contributed by atoms with Gasteiger partial charge in [-0.3, -0.25) is 0 Å². The molecular weight excluding hydrogens is 290 g/mol. The molecule has 3 rings (SSSR count). The van der Waals surface area contributed by atoms with Crippen LogP contribution in [0.5, 0.6) is 0 Å². The molecule has 0 saturated carbocycles. The summed E-state index contributed by atoms with van der Waals surface area (Å²) < 4.78 is 14.0. The number of halogens is 3. The molecule has 0 aliphatic carbocycles. The second-order valence-electron chi connectivity index (χ2n) is 4.22. The van der Waals surface area contributed by atoms with E-state index in [2.05, 4.69) is 15.0 Å². The molecule has 3 heterocycles. The van der Waals surface area contributed by atoms with Gasteiger partial charge in [0.25, 0.3) is 0 Å². The summed E-state index contributed by atoms with van der Waals surface area (Å²) in [7, 11) is 0. The Kier molecular flexibility index (Phi) is 3.03. The molecule has 0 N–H and O–H groups in total. The lowest BCUT2D eigenvalue weighted by molar-refractivity contribution is 0.630. The SMILES string of the molecule is Cc1nc(Cl)c(F)c2nc(Cl)nc(N3CC=CC3)c12. The molecule has 0 bridgehead atoms. The summed E-state index contributed by atoms with van der Waals surface area (Å²) >= 11 is 11.6. The monoisotopic (exact) mass is 298 g/mol. The van der Waals surface area contributed by atoms with Crippen LogP contribution in [0, 0.1) is 12.7 Å². The van der Waals surface area contributed by atoms with Crippen LogP contribution in [-0.2, 0) is 0 Å². The Labute approximate surface area is 118 Å². The third-order valence-electron chi connectivity index (χ3n) is 3.00.